The highest BCUT2D eigenvalue weighted by Crippen LogP contribution is 2.41. The monoisotopic (exact) mass is 768 g/mol. The highest BCUT2D eigenvalue weighted by molar-refractivity contribution is 6.13. The summed E-state index contributed by atoms with van der Waals surface area (Å²) >= 11 is 0. The van der Waals surface area contributed by atoms with Crippen molar-refractivity contribution in [2.24, 2.45) is 0 Å². The van der Waals surface area contributed by atoms with Gasteiger partial charge in [0.1, 0.15) is 0 Å². The van der Waals surface area contributed by atoms with Crippen LogP contribution in [0.25, 0.3) is 93.9 Å². The van der Waals surface area contributed by atoms with Crippen LogP contribution in [-0.4, -0.2) is 9.13 Å². The zero-order valence-electron chi connectivity index (χ0n) is 33.9. The topological polar surface area (TPSA) is 9.86 Å². The van der Waals surface area contributed by atoms with Gasteiger partial charge in [-0.15, -0.1) is 0 Å². The number of para-hydroxylation sites is 2. The SMILES string of the molecule is C=C1/C=C\C=C/CC(C)(C)c2cc(-n3c4ccccc4c4cc(-c5ccc6c(c5)c5ccccc5n6-c5cc(-c6ccccc6)cc(-c6ccccc6)c5)ccc43)ccc21. The molecule has 0 amide bonds. The van der Waals surface area contributed by atoms with Crippen molar-refractivity contribution in [3.05, 3.63) is 224 Å². The molecule has 0 spiro atoms. The van der Waals surface area contributed by atoms with Gasteiger partial charge in [-0.05, 0) is 129 Å². The molecule has 2 heterocycles. The van der Waals surface area contributed by atoms with Gasteiger partial charge in [-0.25, -0.2) is 0 Å². The maximum Gasteiger partial charge on any atom is 0.0541 e. The Morgan fingerprint density at radius 2 is 0.933 bits per heavy atom. The quantitative estimate of drug-likeness (QED) is 0.165. The third-order valence-corrected chi connectivity index (χ3v) is 12.6. The predicted octanol–water partition coefficient (Wildman–Crippen LogP) is 15.7. The highest BCUT2D eigenvalue weighted by Gasteiger charge is 2.25. The zero-order valence-corrected chi connectivity index (χ0v) is 33.9. The Bertz CT molecular complexity index is 3310. The van der Waals surface area contributed by atoms with Gasteiger partial charge in [-0.1, -0.05) is 160 Å². The summed E-state index contributed by atoms with van der Waals surface area (Å²) < 4.78 is 4.88. The van der Waals surface area contributed by atoms with E-state index in [4.69, 9.17) is 0 Å². The van der Waals surface area contributed by atoms with Crippen LogP contribution in [0.4, 0.5) is 0 Å². The van der Waals surface area contributed by atoms with Gasteiger partial charge in [0, 0.05) is 32.9 Å². The van der Waals surface area contributed by atoms with Gasteiger partial charge in [0.2, 0.25) is 0 Å². The third kappa shape index (κ3) is 5.95. The number of benzene rings is 8. The maximum absolute atomic E-state index is 4.45. The molecule has 11 rings (SSSR count). The van der Waals surface area contributed by atoms with E-state index in [1.165, 1.54) is 93.8 Å². The molecule has 0 fully saturated rings. The number of fused-ring (bicyclic) bond motifs is 7. The summed E-state index contributed by atoms with van der Waals surface area (Å²) in [6.07, 6.45) is 9.60. The van der Waals surface area contributed by atoms with Crippen molar-refractivity contribution in [3.8, 4) is 44.8 Å². The molecule has 8 aromatic carbocycles. The van der Waals surface area contributed by atoms with E-state index in [0.717, 1.165) is 17.7 Å². The molecule has 60 heavy (non-hydrogen) atoms. The first-order valence-electron chi connectivity index (χ1n) is 20.9. The minimum Gasteiger partial charge on any atom is -0.309 e. The molecule has 0 bridgehead atoms. The first-order chi connectivity index (χ1) is 29.4. The zero-order chi connectivity index (χ0) is 40.4. The maximum atomic E-state index is 4.45. The molecule has 1 aliphatic carbocycles. The van der Waals surface area contributed by atoms with Crippen molar-refractivity contribution in [2.45, 2.75) is 25.7 Å². The second kappa shape index (κ2) is 14.1. The Morgan fingerprint density at radius 1 is 0.417 bits per heavy atom. The number of nitrogens with zero attached hydrogens (tertiary/aromatic N) is 2. The molecule has 286 valence electrons. The number of hydrogen-bond donors (Lipinski definition) is 0. The van der Waals surface area contributed by atoms with E-state index in [2.05, 4.69) is 236 Å². The van der Waals surface area contributed by atoms with Crippen LogP contribution in [-0.2, 0) is 5.41 Å². The summed E-state index contributed by atoms with van der Waals surface area (Å²) in [4.78, 5) is 0. The lowest BCUT2D eigenvalue weighted by Gasteiger charge is -2.28. The second-order valence-electron chi connectivity index (χ2n) is 16.8. The van der Waals surface area contributed by atoms with Gasteiger partial charge < -0.3 is 9.13 Å². The number of aromatic nitrogens is 2. The average molecular weight is 769 g/mol. The fourth-order valence-electron chi connectivity index (χ4n) is 9.52. The van der Waals surface area contributed by atoms with Gasteiger partial charge in [0.25, 0.3) is 0 Å². The van der Waals surface area contributed by atoms with Crippen molar-refractivity contribution in [1.29, 1.82) is 0 Å². The summed E-state index contributed by atoms with van der Waals surface area (Å²) in [5.41, 5.74) is 17.8. The minimum atomic E-state index is -0.0562. The molecule has 2 aromatic heterocycles. The molecule has 2 nitrogen and oxygen atoms in total. The average Bonchev–Trinajstić information content (AvgIpc) is 3.82. The molecule has 0 saturated carbocycles. The normalized spacial score (nSPS) is 14.9. The van der Waals surface area contributed by atoms with Crippen LogP contribution in [0.3, 0.4) is 0 Å². The Balaban J connectivity index is 1.07. The lowest BCUT2D eigenvalue weighted by atomic mass is 9.77. The van der Waals surface area contributed by atoms with Gasteiger partial charge in [0.15, 0.2) is 0 Å². The third-order valence-electron chi connectivity index (χ3n) is 12.6. The van der Waals surface area contributed by atoms with Crippen LogP contribution in [0, 0.1) is 0 Å². The van der Waals surface area contributed by atoms with Gasteiger partial charge in [-0.3, -0.25) is 0 Å². The molecule has 10 aromatic rings. The van der Waals surface area contributed by atoms with Gasteiger partial charge in [0.05, 0.1) is 22.1 Å². The van der Waals surface area contributed by atoms with E-state index >= 15 is 0 Å². The number of hydrogen-bond acceptors (Lipinski definition) is 0. The molecule has 1 aliphatic rings. The predicted molar refractivity (Wildman–Crippen MR) is 256 cm³/mol. The van der Waals surface area contributed by atoms with Crippen LogP contribution >= 0.6 is 0 Å². The first-order valence-corrected chi connectivity index (χ1v) is 20.9. The van der Waals surface area contributed by atoms with Crippen molar-refractivity contribution < 1.29 is 0 Å². The fourth-order valence-corrected chi connectivity index (χ4v) is 9.52. The highest BCUT2D eigenvalue weighted by atomic mass is 15.0. The summed E-state index contributed by atoms with van der Waals surface area (Å²) in [5.74, 6) is 0. The largest absolute Gasteiger partial charge is 0.309 e. The summed E-state index contributed by atoms with van der Waals surface area (Å²) in [5, 5.41) is 4.97. The summed E-state index contributed by atoms with van der Waals surface area (Å²) in [6, 6.07) is 67.0. The molecule has 0 atom stereocenters. The Hall–Kier alpha value is -7.42. The molecular formula is C58H44N2. The molecular weight excluding hydrogens is 725 g/mol. The van der Waals surface area contributed by atoms with E-state index in [0.29, 0.717) is 0 Å². The van der Waals surface area contributed by atoms with E-state index in [1.807, 2.05) is 0 Å². The van der Waals surface area contributed by atoms with Crippen LogP contribution in [0.1, 0.15) is 31.4 Å². The van der Waals surface area contributed by atoms with Crippen LogP contribution < -0.4 is 0 Å². The van der Waals surface area contributed by atoms with Crippen molar-refractivity contribution in [2.75, 3.05) is 0 Å². The van der Waals surface area contributed by atoms with E-state index in [-0.39, 0.29) is 5.41 Å². The van der Waals surface area contributed by atoms with Crippen molar-refractivity contribution in [1.82, 2.24) is 9.13 Å². The molecule has 0 saturated heterocycles. The first kappa shape index (κ1) is 35.7. The van der Waals surface area contributed by atoms with E-state index in [1.54, 1.807) is 0 Å². The van der Waals surface area contributed by atoms with Crippen molar-refractivity contribution >= 4 is 49.2 Å². The molecule has 0 aliphatic heterocycles. The molecule has 2 heteroatoms. The second-order valence-corrected chi connectivity index (χ2v) is 16.8. The fraction of sp³-hybridized carbons (Fsp3) is 0.0690. The van der Waals surface area contributed by atoms with Crippen LogP contribution in [0.15, 0.2) is 213 Å². The van der Waals surface area contributed by atoms with Gasteiger partial charge >= 0.3 is 0 Å². The molecule has 0 radical (unpaired) electrons. The Morgan fingerprint density at radius 3 is 1.52 bits per heavy atom. The lowest BCUT2D eigenvalue weighted by molar-refractivity contribution is 0.533. The molecule has 0 N–H and O–H groups in total. The summed E-state index contributed by atoms with van der Waals surface area (Å²) in [7, 11) is 0. The van der Waals surface area contributed by atoms with Crippen LogP contribution in [0.2, 0.25) is 0 Å². The number of allylic oxidation sites excluding steroid dienone is 5. The minimum absolute atomic E-state index is 0.0562. The van der Waals surface area contributed by atoms with Crippen LogP contribution in [0.5, 0.6) is 0 Å². The molecule has 0 unspecified atom stereocenters. The summed E-state index contributed by atoms with van der Waals surface area (Å²) in [6.45, 7) is 9.13. The van der Waals surface area contributed by atoms with E-state index in [9.17, 15) is 0 Å². The Kier molecular flexibility index (Phi) is 8.42. The van der Waals surface area contributed by atoms with Gasteiger partial charge in [-0.2, -0.15) is 0 Å². The Labute approximate surface area is 351 Å². The lowest BCUT2D eigenvalue weighted by Crippen LogP contribution is -2.18. The smallest absolute Gasteiger partial charge is 0.0541 e. The van der Waals surface area contributed by atoms with Crippen molar-refractivity contribution in [3.63, 3.8) is 0 Å². The number of rotatable bonds is 5. The van der Waals surface area contributed by atoms with E-state index < -0.39 is 0 Å². The standard InChI is InChI=1S/C58H44N2/c1-39-17-7-6-16-32-58(2,3)53-38-46(28-29-48(39)53)59-54-24-14-12-22-49(54)51-36-42(26-30-56(51)59)43-27-31-57-52(37-43)50-23-13-15-25-55(50)60(57)47-34-44(40-18-8-4-9-19-40)33-45(35-47)41-20-10-5-11-21-41/h4-31,33-38H,1,32H2,2-3H3/b16-6-,17-7-.